The molecule has 184 valence electrons. The van der Waals surface area contributed by atoms with Crippen LogP contribution in [0, 0.1) is 0 Å². The highest BCUT2D eigenvalue weighted by molar-refractivity contribution is 6.00. The molecule has 3 heterocycles. The summed E-state index contributed by atoms with van der Waals surface area (Å²) in [5.41, 5.74) is 4.26. The van der Waals surface area contributed by atoms with E-state index in [-0.39, 0.29) is 11.9 Å². The number of benzene rings is 2. The zero-order chi connectivity index (χ0) is 24.2. The van der Waals surface area contributed by atoms with Crippen LogP contribution in [0.1, 0.15) is 41.0 Å². The number of rotatable bonds is 9. The van der Waals surface area contributed by atoms with Gasteiger partial charge in [-0.3, -0.25) is 14.8 Å². The van der Waals surface area contributed by atoms with Gasteiger partial charge in [0.25, 0.3) is 5.91 Å². The molecule has 1 atom stereocenters. The van der Waals surface area contributed by atoms with Gasteiger partial charge in [-0.05, 0) is 48.4 Å². The summed E-state index contributed by atoms with van der Waals surface area (Å²) in [5.74, 6) is 1.60. The lowest BCUT2D eigenvalue weighted by Crippen LogP contribution is -2.42. The summed E-state index contributed by atoms with van der Waals surface area (Å²) in [6, 6.07) is 15.7. The molecule has 1 aromatic heterocycles. The number of ether oxygens (including phenoxy) is 3. The third-order valence-electron chi connectivity index (χ3n) is 6.66. The molecule has 8 heteroatoms. The van der Waals surface area contributed by atoms with E-state index in [0.717, 1.165) is 73.2 Å². The maximum atomic E-state index is 13.6. The molecule has 3 aromatic rings. The minimum Gasteiger partial charge on any atom is -0.497 e. The molecule has 0 aliphatic carbocycles. The summed E-state index contributed by atoms with van der Waals surface area (Å²) in [6.07, 6.45) is 0.956. The first-order valence-electron chi connectivity index (χ1n) is 12.3. The van der Waals surface area contributed by atoms with Crippen molar-refractivity contribution in [2.45, 2.75) is 19.4 Å². The van der Waals surface area contributed by atoms with Crippen LogP contribution >= 0.6 is 0 Å². The number of hydrogen-bond acceptors (Lipinski definition) is 6. The van der Waals surface area contributed by atoms with Crippen molar-refractivity contribution < 1.29 is 19.0 Å². The Morgan fingerprint density at radius 2 is 1.74 bits per heavy atom. The zero-order valence-electron chi connectivity index (χ0n) is 20.3. The smallest absolute Gasteiger partial charge is 0.273 e. The van der Waals surface area contributed by atoms with Crippen molar-refractivity contribution in [2.75, 3.05) is 53.1 Å². The van der Waals surface area contributed by atoms with E-state index in [1.54, 1.807) is 7.11 Å². The number of amides is 1. The number of aromatic nitrogens is 2. The Kier molecular flexibility index (Phi) is 7.01. The molecule has 2 aliphatic heterocycles. The van der Waals surface area contributed by atoms with E-state index in [9.17, 15) is 4.79 Å². The molecule has 8 nitrogen and oxygen atoms in total. The molecular formula is C27H32N4O4. The molecule has 0 saturated carbocycles. The average Bonchev–Trinajstić information content (AvgIpc) is 3.46. The first kappa shape index (κ1) is 23.4. The second kappa shape index (κ2) is 10.5. The van der Waals surface area contributed by atoms with Gasteiger partial charge in [-0.15, -0.1) is 0 Å². The van der Waals surface area contributed by atoms with Crippen LogP contribution in [-0.2, 0) is 4.74 Å². The highest BCUT2D eigenvalue weighted by atomic mass is 16.5. The third kappa shape index (κ3) is 4.76. The average molecular weight is 477 g/mol. The third-order valence-corrected chi connectivity index (χ3v) is 6.66. The Morgan fingerprint density at radius 3 is 2.43 bits per heavy atom. The maximum absolute atomic E-state index is 13.6. The van der Waals surface area contributed by atoms with Gasteiger partial charge in [-0.25, -0.2) is 0 Å². The maximum Gasteiger partial charge on any atom is 0.273 e. The van der Waals surface area contributed by atoms with Crippen molar-refractivity contribution in [3.05, 3.63) is 65.4 Å². The van der Waals surface area contributed by atoms with Crippen LogP contribution in [0.25, 0.3) is 11.3 Å². The molecule has 0 spiro atoms. The van der Waals surface area contributed by atoms with Gasteiger partial charge in [-0.2, -0.15) is 5.10 Å². The Balaban J connectivity index is 1.49. The second-order valence-electron chi connectivity index (χ2n) is 8.86. The van der Waals surface area contributed by atoms with Crippen molar-refractivity contribution in [3.8, 4) is 22.8 Å². The summed E-state index contributed by atoms with van der Waals surface area (Å²) in [5, 5.41) is 7.61. The first-order chi connectivity index (χ1) is 17.2. The summed E-state index contributed by atoms with van der Waals surface area (Å²) in [4.78, 5) is 17.9. The van der Waals surface area contributed by atoms with Gasteiger partial charge in [0.05, 0.1) is 38.7 Å². The molecule has 2 aliphatic rings. The van der Waals surface area contributed by atoms with E-state index in [1.165, 1.54) is 0 Å². The Labute approximate surface area is 205 Å². The summed E-state index contributed by atoms with van der Waals surface area (Å²) in [7, 11) is 1.65. The topological polar surface area (TPSA) is 79.9 Å². The molecule has 1 N–H and O–H groups in total. The lowest BCUT2D eigenvalue weighted by molar-refractivity contribution is 0.0316. The van der Waals surface area contributed by atoms with E-state index in [1.807, 2.05) is 41.3 Å². The molecule has 0 radical (unpaired) electrons. The number of methoxy groups -OCH3 is 1. The van der Waals surface area contributed by atoms with E-state index in [0.29, 0.717) is 18.8 Å². The summed E-state index contributed by atoms with van der Waals surface area (Å²) < 4.78 is 16.6. The molecule has 1 amide bonds. The van der Waals surface area contributed by atoms with Crippen molar-refractivity contribution in [2.24, 2.45) is 0 Å². The Bertz CT molecular complexity index is 1140. The zero-order valence-corrected chi connectivity index (χ0v) is 20.3. The minimum atomic E-state index is -0.227. The van der Waals surface area contributed by atoms with Crippen molar-refractivity contribution >= 4 is 5.91 Å². The van der Waals surface area contributed by atoms with Gasteiger partial charge in [0.1, 0.15) is 17.2 Å². The predicted molar refractivity (Wildman–Crippen MR) is 133 cm³/mol. The largest absolute Gasteiger partial charge is 0.497 e. The molecule has 1 fully saturated rings. The highest BCUT2D eigenvalue weighted by Gasteiger charge is 2.42. The number of carbonyl (C=O) groups is 1. The van der Waals surface area contributed by atoms with Gasteiger partial charge in [0, 0.05) is 37.3 Å². The number of carbonyl (C=O) groups excluding carboxylic acids is 1. The molecule has 35 heavy (non-hydrogen) atoms. The van der Waals surface area contributed by atoms with Crippen LogP contribution < -0.4 is 9.47 Å². The predicted octanol–water partition coefficient (Wildman–Crippen LogP) is 3.75. The fourth-order valence-corrected chi connectivity index (χ4v) is 4.78. The van der Waals surface area contributed by atoms with Crippen LogP contribution in [-0.4, -0.2) is 79.0 Å². The number of nitrogens with one attached hydrogen (secondary N) is 1. The molecule has 1 saturated heterocycles. The van der Waals surface area contributed by atoms with Crippen molar-refractivity contribution in [3.63, 3.8) is 0 Å². The SMILES string of the molecule is CCCOc1ccc(C2c3c(-c4ccc(OC)cc4)n[nH]c3C(=O)N2CCN2CCOCC2)cc1. The number of H-pyrrole nitrogens is 1. The summed E-state index contributed by atoms with van der Waals surface area (Å²) in [6.45, 7) is 7.45. The van der Waals surface area contributed by atoms with Crippen LogP contribution in [0.4, 0.5) is 0 Å². The normalized spacial score (nSPS) is 18.1. The van der Waals surface area contributed by atoms with Crippen LogP contribution in [0.2, 0.25) is 0 Å². The van der Waals surface area contributed by atoms with E-state index < -0.39 is 0 Å². The van der Waals surface area contributed by atoms with Gasteiger partial charge in [-0.1, -0.05) is 19.1 Å². The van der Waals surface area contributed by atoms with Gasteiger partial charge < -0.3 is 19.1 Å². The fourth-order valence-electron chi connectivity index (χ4n) is 4.78. The Hall–Kier alpha value is -3.36. The number of aromatic amines is 1. The summed E-state index contributed by atoms with van der Waals surface area (Å²) >= 11 is 0. The van der Waals surface area contributed by atoms with Gasteiger partial charge in [0.2, 0.25) is 0 Å². The van der Waals surface area contributed by atoms with Crippen LogP contribution in [0.5, 0.6) is 11.5 Å². The van der Waals surface area contributed by atoms with E-state index in [4.69, 9.17) is 14.2 Å². The number of morpholine rings is 1. The number of hydrogen-bond donors (Lipinski definition) is 1. The molecule has 1 unspecified atom stereocenters. The van der Waals surface area contributed by atoms with Crippen molar-refractivity contribution in [1.29, 1.82) is 0 Å². The molecule has 0 bridgehead atoms. The lowest BCUT2D eigenvalue weighted by Gasteiger charge is -2.31. The molecule has 2 aromatic carbocycles. The standard InChI is InChI=1S/C27H32N4O4/c1-3-16-35-22-10-6-20(7-11-22)26-23-24(19-4-8-21(33-2)9-5-19)28-29-25(23)27(32)31(26)13-12-30-14-17-34-18-15-30/h4-11,26H,3,12-18H2,1-2H3,(H,28,29). The van der Waals surface area contributed by atoms with Crippen molar-refractivity contribution in [1.82, 2.24) is 20.0 Å². The highest BCUT2D eigenvalue weighted by Crippen LogP contribution is 2.43. The molecule has 5 rings (SSSR count). The van der Waals surface area contributed by atoms with Gasteiger partial charge in [0.15, 0.2) is 0 Å². The second-order valence-corrected chi connectivity index (χ2v) is 8.86. The fraction of sp³-hybridized carbons (Fsp3) is 0.407. The first-order valence-corrected chi connectivity index (χ1v) is 12.3. The van der Waals surface area contributed by atoms with E-state index in [2.05, 4.69) is 34.2 Å². The monoisotopic (exact) mass is 476 g/mol. The van der Waals surface area contributed by atoms with Crippen LogP contribution in [0.3, 0.4) is 0 Å². The number of nitrogens with zero attached hydrogens (tertiary/aromatic N) is 3. The quantitative estimate of drug-likeness (QED) is 0.507. The lowest BCUT2D eigenvalue weighted by atomic mass is 9.96. The van der Waals surface area contributed by atoms with E-state index >= 15 is 0 Å². The van der Waals surface area contributed by atoms with Crippen LogP contribution in [0.15, 0.2) is 48.5 Å². The van der Waals surface area contributed by atoms with Gasteiger partial charge >= 0.3 is 0 Å². The molecular weight excluding hydrogens is 444 g/mol. The number of fused-ring (bicyclic) bond motifs is 1. The minimum absolute atomic E-state index is 0.0168. The Morgan fingerprint density at radius 1 is 1.03 bits per heavy atom.